The standard InChI is InChI=1S/C14H15NO4S/c1-8-5-13(20-7-12(16)14(17)18)10-6-9(19-2)3-4-11(10)15-8/h3-6,12,16H,7H2,1-2H3,(H,17,18)/t12-/m1/s1. The van der Waals surface area contributed by atoms with E-state index in [0.717, 1.165) is 21.5 Å². The molecule has 106 valence electrons. The quantitative estimate of drug-likeness (QED) is 0.822. The van der Waals surface area contributed by atoms with E-state index in [0.29, 0.717) is 5.75 Å². The van der Waals surface area contributed by atoms with E-state index in [1.807, 2.05) is 31.2 Å². The van der Waals surface area contributed by atoms with Crippen molar-refractivity contribution in [1.29, 1.82) is 0 Å². The Bertz CT molecular complexity index is 644. The van der Waals surface area contributed by atoms with Crippen molar-refractivity contribution < 1.29 is 19.7 Å². The van der Waals surface area contributed by atoms with Crippen LogP contribution in [0, 0.1) is 6.92 Å². The zero-order chi connectivity index (χ0) is 14.7. The van der Waals surface area contributed by atoms with Gasteiger partial charge in [-0.05, 0) is 31.2 Å². The smallest absolute Gasteiger partial charge is 0.333 e. The number of methoxy groups -OCH3 is 1. The molecule has 2 N–H and O–H groups in total. The molecule has 0 amide bonds. The molecule has 1 aromatic heterocycles. The van der Waals surface area contributed by atoms with Crippen LogP contribution in [0.4, 0.5) is 0 Å². The maximum absolute atomic E-state index is 10.7. The highest BCUT2D eigenvalue weighted by atomic mass is 32.2. The Kier molecular flexibility index (Phi) is 4.46. The number of fused-ring (bicyclic) bond motifs is 1. The van der Waals surface area contributed by atoms with Gasteiger partial charge in [-0.3, -0.25) is 4.98 Å². The van der Waals surface area contributed by atoms with E-state index in [9.17, 15) is 9.90 Å². The first-order chi connectivity index (χ1) is 9.51. The third-order valence-corrected chi connectivity index (χ3v) is 3.92. The number of hydrogen-bond donors (Lipinski definition) is 2. The van der Waals surface area contributed by atoms with Gasteiger partial charge in [-0.1, -0.05) is 0 Å². The maximum Gasteiger partial charge on any atom is 0.333 e. The Hall–Kier alpha value is -1.79. The Morgan fingerprint density at radius 2 is 2.20 bits per heavy atom. The van der Waals surface area contributed by atoms with Gasteiger partial charge in [0.2, 0.25) is 0 Å². The monoisotopic (exact) mass is 293 g/mol. The van der Waals surface area contributed by atoms with Gasteiger partial charge < -0.3 is 14.9 Å². The number of aliphatic hydroxyl groups is 1. The van der Waals surface area contributed by atoms with Crippen LogP contribution >= 0.6 is 11.8 Å². The molecule has 1 aromatic carbocycles. The second-order valence-corrected chi connectivity index (χ2v) is 5.37. The van der Waals surface area contributed by atoms with Crippen LogP contribution in [0.15, 0.2) is 29.2 Å². The first-order valence-corrected chi connectivity index (χ1v) is 6.99. The van der Waals surface area contributed by atoms with Crippen molar-refractivity contribution >= 4 is 28.6 Å². The number of nitrogens with zero attached hydrogens (tertiary/aromatic N) is 1. The van der Waals surface area contributed by atoms with Crippen LogP contribution in [0.1, 0.15) is 5.69 Å². The van der Waals surface area contributed by atoms with Crippen LogP contribution in [0.25, 0.3) is 10.9 Å². The predicted octanol–water partition coefficient (Wildman–Crippen LogP) is 2.09. The molecule has 0 aliphatic rings. The lowest BCUT2D eigenvalue weighted by Gasteiger charge is -2.10. The third kappa shape index (κ3) is 3.20. The number of carbonyl (C=O) groups is 1. The van der Waals surface area contributed by atoms with E-state index in [4.69, 9.17) is 9.84 Å². The summed E-state index contributed by atoms with van der Waals surface area (Å²) < 4.78 is 5.19. The normalized spacial score (nSPS) is 12.3. The van der Waals surface area contributed by atoms with Crippen molar-refractivity contribution in [3.63, 3.8) is 0 Å². The highest BCUT2D eigenvalue weighted by Crippen LogP contribution is 2.30. The second-order valence-electron chi connectivity index (χ2n) is 4.31. The van der Waals surface area contributed by atoms with Crippen molar-refractivity contribution in [3.05, 3.63) is 30.0 Å². The van der Waals surface area contributed by atoms with Crippen LogP contribution in [0.3, 0.4) is 0 Å². The van der Waals surface area contributed by atoms with Crippen molar-refractivity contribution in [1.82, 2.24) is 4.98 Å². The summed E-state index contributed by atoms with van der Waals surface area (Å²) in [5.41, 5.74) is 1.66. The first-order valence-electron chi connectivity index (χ1n) is 6.00. The fourth-order valence-electron chi connectivity index (χ4n) is 1.79. The van der Waals surface area contributed by atoms with Crippen LogP contribution < -0.4 is 4.74 Å². The molecule has 0 fully saturated rings. The van der Waals surface area contributed by atoms with Gasteiger partial charge in [0.1, 0.15) is 5.75 Å². The van der Waals surface area contributed by atoms with Gasteiger partial charge >= 0.3 is 5.97 Å². The number of carboxylic acid groups (broad SMARTS) is 1. The fraction of sp³-hybridized carbons (Fsp3) is 0.286. The fourth-order valence-corrected chi connectivity index (χ4v) is 2.84. The third-order valence-electron chi connectivity index (χ3n) is 2.79. The molecule has 2 rings (SSSR count). The summed E-state index contributed by atoms with van der Waals surface area (Å²) in [6.07, 6.45) is -1.38. The van der Waals surface area contributed by atoms with Gasteiger partial charge in [-0.25, -0.2) is 4.79 Å². The van der Waals surface area contributed by atoms with Crippen LogP contribution in [0.2, 0.25) is 0 Å². The van der Waals surface area contributed by atoms with E-state index in [1.165, 1.54) is 11.8 Å². The number of aryl methyl sites for hydroxylation is 1. The predicted molar refractivity (Wildman–Crippen MR) is 77.4 cm³/mol. The molecular weight excluding hydrogens is 278 g/mol. The minimum absolute atomic E-state index is 0.0884. The van der Waals surface area contributed by atoms with E-state index < -0.39 is 12.1 Å². The summed E-state index contributed by atoms with van der Waals surface area (Å²) in [6.45, 7) is 1.88. The van der Waals surface area contributed by atoms with Crippen molar-refractivity contribution in [3.8, 4) is 5.75 Å². The molecule has 6 heteroatoms. The Morgan fingerprint density at radius 1 is 1.45 bits per heavy atom. The average molecular weight is 293 g/mol. The molecule has 0 spiro atoms. The van der Waals surface area contributed by atoms with Gasteiger partial charge in [-0.2, -0.15) is 0 Å². The summed E-state index contributed by atoms with van der Waals surface area (Å²) in [6, 6.07) is 7.42. The number of benzene rings is 1. The van der Waals surface area contributed by atoms with Crippen molar-refractivity contribution in [2.75, 3.05) is 12.9 Å². The van der Waals surface area contributed by atoms with Gasteiger partial charge in [-0.15, -0.1) is 11.8 Å². The minimum atomic E-state index is -1.38. The molecule has 20 heavy (non-hydrogen) atoms. The van der Waals surface area contributed by atoms with E-state index in [2.05, 4.69) is 4.98 Å². The minimum Gasteiger partial charge on any atom is -0.497 e. The van der Waals surface area contributed by atoms with E-state index in [1.54, 1.807) is 7.11 Å². The summed E-state index contributed by atoms with van der Waals surface area (Å²) in [5, 5.41) is 19.0. The number of aliphatic carboxylic acids is 1. The molecule has 2 aromatic rings. The maximum atomic E-state index is 10.7. The van der Waals surface area contributed by atoms with Crippen LogP contribution in [-0.4, -0.2) is 40.1 Å². The summed E-state index contributed by atoms with van der Waals surface area (Å²) in [5.74, 6) is -0.417. The molecule has 0 bridgehead atoms. The largest absolute Gasteiger partial charge is 0.497 e. The van der Waals surface area contributed by atoms with E-state index >= 15 is 0 Å². The van der Waals surface area contributed by atoms with Gasteiger partial charge in [0.25, 0.3) is 0 Å². The molecule has 5 nitrogen and oxygen atoms in total. The Labute approximate surface area is 120 Å². The highest BCUT2D eigenvalue weighted by Gasteiger charge is 2.15. The molecular formula is C14H15NO4S. The number of aliphatic hydroxyl groups excluding tert-OH is 1. The molecule has 1 atom stereocenters. The number of pyridine rings is 1. The van der Waals surface area contributed by atoms with E-state index in [-0.39, 0.29) is 5.75 Å². The molecule has 0 saturated heterocycles. The lowest BCUT2D eigenvalue weighted by atomic mass is 10.2. The number of hydrogen-bond acceptors (Lipinski definition) is 5. The molecule has 0 saturated carbocycles. The molecule has 0 aliphatic carbocycles. The summed E-state index contributed by atoms with van der Waals surface area (Å²) >= 11 is 1.29. The number of ether oxygens (including phenoxy) is 1. The SMILES string of the molecule is COc1ccc2nc(C)cc(SC[C@@H](O)C(=O)O)c2c1. The molecule has 1 heterocycles. The molecule has 0 radical (unpaired) electrons. The average Bonchev–Trinajstić information content (AvgIpc) is 2.43. The number of carboxylic acids is 1. The highest BCUT2D eigenvalue weighted by molar-refractivity contribution is 7.99. The molecule has 0 unspecified atom stereocenters. The van der Waals surface area contributed by atoms with Gasteiger partial charge in [0.15, 0.2) is 6.10 Å². The number of aromatic nitrogens is 1. The van der Waals surface area contributed by atoms with Gasteiger partial charge in [0, 0.05) is 21.7 Å². The topological polar surface area (TPSA) is 79.7 Å². The number of rotatable bonds is 5. The first kappa shape index (κ1) is 14.6. The number of thioether (sulfide) groups is 1. The van der Waals surface area contributed by atoms with Crippen LogP contribution in [-0.2, 0) is 4.79 Å². The lowest BCUT2D eigenvalue weighted by molar-refractivity contribution is -0.145. The van der Waals surface area contributed by atoms with Gasteiger partial charge in [0.05, 0.1) is 12.6 Å². The molecule has 0 aliphatic heterocycles. The summed E-state index contributed by atoms with van der Waals surface area (Å²) in [4.78, 5) is 16.0. The Balaban J connectivity index is 2.37. The van der Waals surface area contributed by atoms with Crippen molar-refractivity contribution in [2.45, 2.75) is 17.9 Å². The zero-order valence-electron chi connectivity index (χ0n) is 11.2. The summed E-state index contributed by atoms with van der Waals surface area (Å²) in [7, 11) is 1.59. The zero-order valence-corrected chi connectivity index (χ0v) is 12.0. The van der Waals surface area contributed by atoms with Crippen molar-refractivity contribution in [2.24, 2.45) is 0 Å². The van der Waals surface area contributed by atoms with Crippen LogP contribution in [0.5, 0.6) is 5.75 Å². The Morgan fingerprint density at radius 3 is 2.85 bits per heavy atom. The lowest BCUT2D eigenvalue weighted by Crippen LogP contribution is -2.21. The second kappa shape index (κ2) is 6.11.